The standard InChI is InChI=1S/C10H19N2.Re/c1-8(2)12-6-4-9-3-5-11-7-10(9)12;/h8-10H,3-7H2,1-2H3;/q-1;. The first-order valence-electron chi connectivity index (χ1n) is 5.18. The van der Waals surface area contributed by atoms with Crippen molar-refractivity contribution in [2.75, 3.05) is 19.6 Å². The van der Waals surface area contributed by atoms with E-state index in [0.29, 0.717) is 6.04 Å². The molecular formula is C10H19N2Re-. The minimum absolute atomic E-state index is 0. The van der Waals surface area contributed by atoms with Crippen molar-refractivity contribution in [2.45, 2.75) is 38.8 Å². The molecular weight excluding hydrogens is 334 g/mol. The molecule has 13 heavy (non-hydrogen) atoms. The third kappa shape index (κ3) is 2.33. The minimum Gasteiger partial charge on any atom is -0.661 e. The summed E-state index contributed by atoms with van der Waals surface area (Å²) in [4.78, 5) is 2.63. The zero-order valence-electron chi connectivity index (χ0n) is 8.54. The van der Waals surface area contributed by atoms with Crippen molar-refractivity contribution >= 4 is 0 Å². The first kappa shape index (κ1) is 11.7. The van der Waals surface area contributed by atoms with Crippen LogP contribution in [0.4, 0.5) is 0 Å². The fourth-order valence-corrected chi connectivity index (χ4v) is 2.66. The van der Waals surface area contributed by atoms with Crippen LogP contribution in [-0.2, 0) is 20.4 Å². The van der Waals surface area contributed by atoms with E-state index >= 15 is 0 Å². The molecule has 2 aliphatic rings. The molecule has 0 aromatic rings. The Bertz CT molecular complexity index is 161. The van der Waals surface area contributed by atoms with Crippen molar-refractivity contribution in [2.24, 2.45) is 5.92 Å². The summed E-state index contributed by atoms with van der Waals surface area (Å²) in [6.07, 6.45) is 2.76. The van der Waals surface area contributed by atoms with Crippen LogP contribution in [0.25, 0.3) is 5.32 Å². The second-order valence-corrected chi connectivity index (χ2v) is 4.37. The molecule has 2 saturated heterocycles. The van der Waals surface area contributed by atoms with Gasteiger partial charge < -0.3 is 5.32 Å². The molecule has 0 amide bonds. The maximum atomic E-state index is 4.51. The van der Waals surface area contributed by atoms with E-state index < -0.39 is 0 Å². The minimum atomic E-state index is 0. The molecule has 0 aliphatic carbocycles. The van der Waals surface area contributed by atoms with Gasteiger partial charge in [0.2, 0.25) is 0 Å². The van der Waals surface area contributed by atoms with Crippen LogP contribution in [0.5, 0.6) is 0 Å². The molecule has 2 atom stereocenters. The molecule has 1 radical (unpaired) electrons. The summed E-state index contributed by atoms with van der Waals surface area (Å²) in [5, 5.41) is 4.51. The van der Waals surface area contributed by atoms with Crippen LogP contribution >= 0.6 is 0 Å². The van der Waals surface area contributed by atoms with Gasteiger partial charge in [-0.15, -0.1) is 13.1 Å². The summed E-state index contributed by atoms with van der Waals surface area (Å²) in [5.74, 6) is 0.963. The average molecular weight is 353 g/mol. The quantitative estimate of drug-likeness (QED) is 0.703. The molecule has 0 aromatic heterocycles. The van der Waals surface area contributed by atoms with Crippen molar-refractivity contribution in [3.8, 4) is 0 Å². The van der Waals surface area contributed by atoms with E-state index in [9.17, 15) is 0 Å². The molecule has 2 nitrogen and oxygen atoms in total. The molecule has 0 spiro atoms. The smallest absolute Gasteiger partial charge is 0.00409 e. The van der Waals surface area contributed by atoms with Gasteiger partial charge in [-0.3, -0.25) is 4.90 Å². The summed E-state index contributed by atoms with van der Waals surface area (Å²) in [6, 6.07) is 1.51. The van der Waals surface area contributed by atoms with Crippen LogP contribution < -0.4 is 0 Å². The van der Waals surface area contributed by atoms with Crippen LogP contribution in [-0.4, -0.2) is 36.6 Å². The third-order valence-electron chi connectivity index (χ3n) is 3.37. The number of likely N-dealkylation sites (tertiary alicyclic amines) is 1. The van der Waals surface area contributed by atoms with Crippen LogP contribution in [0.15, 0.2) is 0 Å². The van der Waals surface area contributed by atoms with Gasteiger partial charge in [0.15, 0.2) is 0 Å². The summed E-state index contributed by atoms with van der Waals surface area (Å²) in [5.41, 5.74) is 0. The van der Waals surface area contributed by atoms with Crippen molar-refractivity contribution in [1.29, 1.82) is 0 Å². The van der Waals surface area contributed by atoms with Gasteiger partial charge in [-0.05, 0) is 38.8 Å². The van der Waals surface area contributed by atoms with Gasteiger partial charge in [-0.25, -0.2) is 0 Å². The van der Waals surface area contributed by atoms with Crippen LogP contribution in [0.1, 0.15) is 26.7 Å². The van der Waals surface area contributed by atoms with Crippen LogP contribution in [0.2, 0.25) is 0 Å². The summed E-state index contributed by atoms with van der Waals surface area (Å²) >= 11 is 0. The molecule has 2 rings (SSSR count). The number of fused-ring (bicyclic) bond motifs is 1. The molecule has 0 saturated carbocycles. The van der Waals surface area contributed by atoms with Crippen molar-refractivity contribution in [3.05, 3.63) is 5.32 Å². The number of nitrogens with zero attached hydrogens (tertiary/aromatic N) is 2. The largest absolute Gasteiger partial charge is 0.661 e. The van der Waals surface area contributed by atoms with Gasteiger partial charge in [-0.1, -0.05) is 6.42 Å². The first-order valence-corrected chi connectivity index (χ1v) is 5.18. The van der Waals surface area contributed by atoms with Crippen molar-refractivity contribution < 1.29 is 20.4 Å². The molecule has 2 aliphatic heterocycles. The van der Waals surface area contributed by atoms with E-state index in [2.05, 4.69) is 24.1 Å². The Morgan fingerprint density at radius 3 is 2.77 bits per heavy atom. The molecule has 2 unspecified atom stereocenters. The normalized spacial score (nSPS) is 34.4. The molecule has 2 heterocycles. The molecule has 0 aromatic carbocycles. The Hall–Kier alpha value is 0.582. The second-order valence-electron chi connectivity index (χ2n) is 4.37. The summed E-state index contributed by atoms with van der Waals surface area (Å²) in [6.45, 7) is 8.13. The predicted molar refractivity (Wildman–Crippen MR) is 51.4 cm³/mol. The van der Waals surface area contributed by atoms with E-state index in [0.717, 1.165) is 25.0 Å². The van der Waals surface area contributed by atoms with Gasteiger partial charge in [0, 0.05) is 26.5 Å². The number of rotatable bonds is 1. The third-order valence-corrected chi connectivity index (χ3v) is 3.37. The Morgan fingerprint density at radius 2 is 2.08 bits per heavy atom. The maximum absolute atomic E-state index is 4.51. The molecule has 77 valence electrons. The molecule has 2 fully saturated rings. The number of piperidine rings is 1. The van der Waals surface area contributed by atoms with Crippen LogP contribution in [0.3, 0.4) is 0 Å². The summed E-state index contributed by atoms with van der Waals surface area (Å²) < 4.78 is 0. The van der Waals surface area contributed by atoms with E-state index in [1.165, 1.54) is 19.4 Å². The monoisotopic (exact) mass is 354 g/mol. The SMILES string of the molecule is CC(C)N1CCC2CC[N-]CC21.[Re]. The second kappa shape index (κ2) is 4.89. The summed E-state index contributed by atoms with van der Waals surface area (Å²) in [7, 11) is 0. The van der Waals surface area contributed by atoms with Gasteiger partial charge in [0.05, 0.1) is 0 Å². The van der Waals surface area contributed by atoms with Gasteiger partial charge in [0.25, 0.3) is 0 Å². The van der Waals surface area contributed by atoms with Gasteiger partial charge in [-0.2, -0.15) is 0 Å². The maximum Gasteiger partial charge on any atom is 0.00409 e. The van der Waals surface area contributed by atoms with E-state index in [4.69, 9.17) is 0 Å². The van der Waals surface area contributed by atoms with Gasteiger partial charge in [0.1, 0.15) is 0 Å². The molecule has 0 N–H and O–H groups in total. The van der Waals surface area contributed by atoms with Crippen molar-refractivity contribution in [1.82, 2.24) is 4.90 Å². The van der Waals surface area contributed by atoms with Gasteiger partial charge >= 0.3 is 0 Å². The molecule has 3 heteroatoms. The average Bonchev–Trinajstić information content (AvgIpc) is 2.47. The Balaban J connectivity index is 0.000000845. The molecule has 0 bridgehead atoms. The zero-order chi connectivity index (χ0) is 8.55. The van der Waals surface area contributed by atoms with Crippen LogP contribution in [0, 0.1) is 5.92 Å². The topological polar surface area (TPSA) is 17.3 Å². The Morgan fingerprint density at radius 1 is 1.31 bits per heavy atom. The number of hydrogen-bond acceptors (Lipinski definition) is 1. The number of hydrogen-bond donors (Lipinski definition) is 0. The van der Waals surface area contributed by atoms with E-state index in [1.54, 1.807) is 0 Å². The van der Waals surface area contributed by atoms with E-state index in [-0.39, 0.29) is 20.4 Å². The zero-order valence-corrected chi connectivity index (χ0v) is 11.3. The first-order chi connectivity index (χ1) is 5.79. The fourth-order valence-electron chi connectivity index (χ4n) is 2.66. The predicted octanol–water partition coefficient (Wildman–Crippen LogP) is 1.86. The Labute approximate surface area is 95.1 Å². The fraction of sp³-hybridized carbons (Fsp3) is 1.00. The van der Waals surface area contributed by atoms with E-state index in [1.807, 2.05) is 0 Å². The Kier molecular flexibility index (Phi) is 4.38. The van der Waals surface area contributed by atoms with Crippen molar-refractivity contribution in [3.63, 3.8) is 0 Å².